The van der Waals surface area contributed by atoms with Gasteiger partial charge in [-0.25, -0.2) is 4.98 Å². The molecule has 0 aliphatic carbocycles. The van der Waals surface area contributed by atoms with Gasteiger partial charge in [0.05, 0.1) is 0 Å². The van der Waals surface area contributed by atoms with Gasteiger partial charge >= 0.3 is 0 Å². The molecule has 0 saturated carbocycles. The van der Waals surface area contributed by atoms with Crippen molar-refractivity contribution in [2.75, 3.05) is 0 Å². The zero-order valence-electron chi connectivity index (χ0n) is 8.91. The Morgan fingerprint density at radius 1 is 1.47 bits per heavy atom. The highest BCUT2D eigenvalue weighted by Crippen LogP contribution is 2.17. The average Bonchev–Trinajstić information content (AvgIpc) is 2.53. The summed E-state index contributed by atoms with van der Waals surface area (Å²) in [5, 5.41) is 0. The number of rotatable bonds is 3. The molecule has 0 bridgehead atoms. The predicted molar refractivity (Wildman–Crippen MR) is 57.7 cm³/mol. The molecule has 1 aromatic heterocycles. The number of hydrogen-bond acceptors (Lipinski definition) is 3. The molecule has 78 valence electrons. The van der Waals surface area contributed by atoms with Gasteiger partial charge in [0.25, 0.3) is 0 Å². The second-order valence-electron chi connectivity index (χ2n) is 3.74. The third-order valence-electron chi connectivity index (χ3n) is 2.32. The third-order valence-corrected chi connectivity index (χ3v) is 2.32. The molecule has 3 heteroatoms. The zero-order chi connectivity index (χ0) is 10.8. The van der Waals surface area contributed by atoms with E-state index in [2.05, 4.69) is 4.98 Å². The van der Waals surface area contributed by atoms with Crippen molar-refractivity contribution in [3.63, 3.8) is 0 Å². The minimum atomic E-state index is 0.214. The Bertz CT molecular complexity index is 499. The number of carbonyl (C=O) groups is 1. The maximum Gasteiger partial charge on any atom is 0.192 e. The SMILES string of the molecule is CC(=O)CCc1ccc2oc(C)nc2c1. The largest absolute Gasteiger partial charge is 0.441 e. The molecule has 0 spiro atoms. The minimum Gasteiger partial charge on any atom is -0.441 e. The molecule has 1 heterocycles. The van der Waals surface area contributed by atoms with Crippen LogP contribution in [0, 0.1) is 6.92 Å². The van der Waals surface area contributed by atoms with Crippen molar-refractivity contribution in [2.45, 2.75) is 26.7 Å². The number of aryl methyl sites for hydroxylation is 2. The Hall–Kier alpha value is -1.64. The standard InChI is InChI=1S/C12H13NO2/c1-8(14)3-4-10-5-6-12-11(7-10)13-9(2)15-12/h5-7H,3-4H2,1-2H3. The molecule has 2 rings (SSSR count). The van der Waals surface area contributed by atoms with Gasteiger partial charge in [0.1, 0.15) is 11.3 Å². The van der Waals surface area contributed by atoms with Crippen LogP contribution in [0.3, 0.4) is 0 Å². The molecule has 0 aliphatic heterocycles. The number of carbonyl (C=O) groups excluding carboxylic acids is 1. The molecule has 0 N–H and O–H groups in total. The molecule has 0 fully saturated rings. The molecule has 0 atom stereocenters. The molecule has 3 nitrogen and oxygen atoms in total. The van der Waals surface area contributed by atoms with Crippen molar-refractivity contribution >= 4 is 16.9 Å². The summed E-state index contributed by atoms with van der Waals surface area (Å²) in [4.78, 5) is 15.1. The van der Waals surface area contributed by atoms with Crippen LogP contribution in [0.15, 0.2) is 22.6 Å². The van der Waals surface area contributed by atoms with E-state index in [1.54, 1.807) is 6.92 Å². The molecule has 2 aromatic rings. The lowest BCUT2D eigenvalue weighted by Crippen LogP contribution is -1.93. The van der Waals surface area contributed by atoms with Crippen LogP contribution < -0.4 is 0 Å². The van der Waals surface area contributed by atoms with E-state index in [1.807, 2.05) is 25.1 Å². The van der Waals surface area contributed by atoms with Crippen molar-refractivity contribution < 1.29 is 9.21 Å². The third kappa shape index (κ3) is 2.24. The second-order valence-corrected chi connectivity index (χ2v) is 3.74. The van der Waals surface area contributed by atoms with Gasteiger partial charge < -0.3 is 9.21 Å². The summed E-state index contributed by atoms with van der Waals surface area (Å²) in [6.07, 6.45) is 1.36. The quantitative estimate of drug-likeness (QED) is 0.770. The van der Waals surface area contributed by atoms with E-state index in [9.17, 15) is 4.79 Å². The van der Waals surface area contributed by atoms with E-state index in [4.69, 9.17) is 4.42 Å². The van der Waals surface area contributed by atoms with Crippen LogP contribution in [0.1, 0.15) is 24.8 Å². The Kier molecular flexibility index (Phi) is 2.54. The second kappa shape index (κ2) is 3.85. The van der Waals surface area contributed by atoms with Gasteiger partial charge in [-0.3, -0.25) is 0 Å². The minimum absolute atomic E-state index is 0.214. The van der Waals surface area contributed by atoms with E-state index in [0.29, 0.717) is 12.3 Å². The van der Waals surface area contributed by atoms with Crippen LogP contribution in [-0.2, 0) is 11.2 Å². The molecular formula is C12H13NO2. The summed E-state index contributed by atoms with van der Waals surface area (Å²) >= 11 is 0. The van der Waals surface area contributed by atoms with E-state index >= 15 is 0 Å². The number of fused-ring (bicyclic) bond motifs is 1. The Morgan fingerprint density at radius 2 is 2.27 bits per heavy atom. The first-order chi connectivity index (χ1) is 7.15. The lowest BCUT2D eigenvalue weighted by molar-refractivity contribution is -0.116. The number of nitrogens with zero attached hydrogens (tertiary/aromatic N) is 1. The van der Waals surface area contributed by atoms with Crippen molar-refractivity contribution in [3.8, 4) is 0 Å². The fraction of sp³-hybridized carbons (Fsp3) is 0.333. The van der Waals surface area contributed by atoms with E-state index in [-0.39, 0.29) is 5.78 Å². The molecular weight excluding hydrogens is 190 g/mol. The highest BCUT2D eigenvalue weighted by atomic mass is 16.3. The summed E-state index contributed by atoms with van der Waals surface area (Å²) in [5.74, 6) is 0.889. The molecule has 0 unspecified atom stereocenters. The lowest BCUT2D eigenvalue weighted by atomic mass is 10.1. The van der Waals surface area contributed by atoms with E-state index in [0.717, 1.165) is 23.1 Å². The van der Waals surface area contributed by atoms with Crippen LogP contribution in [0.25, 0.3) is 11.1 Å². The fourth-order valence-corrected chi connectivity index (χ4v) is 1.56. The highest BCUT2D eigenvalue weighted by molar-refractivity contribution is 5.76. The van der Waals surface area contributed by atoms with Crippen molar-refractivity contribution in [1.82, 2.24) is 4.98 Å². The van der Waals surface area contributed by atoms with Crippen molar-refractivity contribution in [2.24, 2.45) is 0 Å². The van der Waals surface area contributed by atoms with Crippen LogP contribution >= 0.6 is 0 Å². The first-order valence-corrected chi connectivity index (χ1v) is 5.00. The van der Waals surface area contributed by atoms with E-state index < -0.39 is 0 Å². The van der Waals surface area contributed by atoms with E-state index in [1.165, 1.54) is 0 Å². The van der Waals surface area contributed by atoms with Gasteiger partial charge in [0, 0.05) is 13.3 Å². The Balaban J connectivity index is 2.26. The topological polar surface area (TPSA) is 43.1 Å². The Labute approximate surface area is 88.1 Å². The maximum absolute atomic E-state index is 10.9. The fourth-order valence-electron chi connectivity index (χ4n) is 1.56. The van der Waals surface area contributed by atoms with Crippen LogP contribution in [0.4, 0.5) is 0 Å². The van der Waals surface area contributed by atoms with Crippen LogP contribution in [-0.4, -0.2) is 10.8 Å². The van der Waals surface area contributed by atoms with Gasteiger partial charge in [0.2, 0.25) is 0 Å². The molecule has 0 aliphatic rings. The van der Waals surface area contributed by atoms with Gasteiger partial charge in [-0.05, 0) is 31.0 Å². The molecule has 1 aromatic carbocycles. The summed E-state index contributed by atoms with van der Waals surface area (Å²) in [5.41, 5.74) is 2.80. The number of ketones is 1. The normalized spacial score (nSPS) is 10.8. The smallest absolute Gasteiger partial charge is 0.192 e. The first kappa shape index (κ1) is 9.90. The van der Waals surface area contributed by atoms with Crippen LogP contribution in [0.5, 0.6) is 0 Å². The van der Waals surface area contributed by atoms with Crippen LogP contribution in [0.2, 0.25) is 0 Å². The predicted octanol–water partition coefficient (Wildman–Crippen LogP) is 2.66. The molecule has 0 saturated heterocycles. The Morgan fingerprint density at radius 3 is 3.00 bits per heavy atom. The van der Waals surface area contributed by atoms with Gasteiger partial charge in [-0.15, -0.1) is 0 Å². The van der Waals surface area contributed by atoms with Crippen molar-refractivity contribution in [1.29, 1.82) is 0 Å². The average molecular weight is 203 g/mol. The molecule has 0 amide bonds. The van der Waals surface area contributed by atoms with Gasteiger partial charge in [-0.1, -0.05) is 6.07 Å². The molecule has 0 radical (unpaired) electrons. The number of Topliss-reactive ketones (excluding diaryl/α,β-unsaturated/α-hetero) is 1. The highest BCUT2D eigenvalue weighted by Gasteiger charge is 2.03. The van der Waals surface area contributed by atoms with Crippen molar-refractivity contribution in [3.05, 3.63) is 29.7 Å². The number of oxazole rings is 1. The summed E-state index contributed by atoms with van der Waals surface area (Å²) in [7, 11) is 0. The molecule has 15 heavy (non-hydrogen) atoms. The monoisotopic (exact) mass is 203 g/mol. The lowest BCUT2D eigenvalue weighted by Gasteiger charge is -1.97. The number of hydrogen-bond donors (Lipinski definition) is 0. The first-order valence-electron chi connectivity index (χ1n) is 5.00. The number of benzene rings is 1. The summed E-state index contributed by atoms with van der Waals surface area (Å²) in [6, 6.07) is 5.87. The van der Waals surface area contributed by atoms with Gasteiger partial charge in [-0.2, -0.15) is 0 Å². The summed E-state index contributed by atoms with van der Waals surface area (Å²) in [6.45, 7) is 3.44. The maximum atomic E-state index is 10.9. The zero-order valence-corrected chi connectivity index (χ0v) is 8.91. The number of aromatic nitrogens is 1. The summed E-state index contributed by atoms with van der Waals surface area (Å²) < 4.78 is 5.37. The van der Waals surface area contributed by atoms with Gasteiger partial charge in [0.15, 0.2) is 11.5 Å².